The van der Waals surface area contributed by atoms with Crippen molar-refractivity contribution in [1.82, 2.24) is 29.4 Å². The third-order valence-electron chi connectivity index (χ3n) is 6.00. The number of aryl methyl sites for hydroxylation is 1. The molecular weight excluding hydrogens is 424 g/mol. The van der Waals surface area contributed by atoms with Gasteiger partial charge in [-0.2, -0.15) is 10.2 Å². The highest BCUT2D eigenvalue weighted by Crippen LogP contribution is 2.25. The van der Waals surface area contributed by atoms with Gasteiger partial charge in [-0.1, -0.05) is 36.4 Å². The Morgan fingerprint density at radius 1 is 0.735 bits per heavy atom. The van der Waals surface area contributed by atoms with Crippen molar-refractivity contribution in [3.05, 3.63) is 90.8 Å². The van der Waals surface area contributed by atoms with Gasteiger partial charge >= 0.3 is 0 Å². The Bertz CT molecular complexity index is 1370. The van der Waals surface area contributed by atoms with Crippen molar-refractivity contribution in [3.8, 4) is 11.1 Å². The predicted molar refractivity (Wildman–Crippen MR) is 135 cm³/mol. The highest BCUT2D eigenvalue weighted by molar-refractivity contribution is 5.75. The molecule has 0 bridgehead atoms. The van der Waals surface area contributed by atoms with Crippen molar-refractivity contribution in [2.45, 2.75) is 6.42 Å². The van der Waals surface area contributed by atoms with Crippen molar-refractivity contribution >= 4 is 17.2 Å². The molecule has 0 atom stereocenters. The zero-order valence-corrected chi connectivity index (χ0v) is 19.7. The fourth-order valence-corrected chi connectivity index (χ4v) is 3.99. The molecule has 8 nitrogen and oxygen atoms in total. The Kier molecular flexibility index (Phi) is 5.95. The topological polar surface area (TPSA) is 67.4 Å². The van der Waals surface area contributed by atoms with Crippen LogP contribution in [0, 0.1) is 0 Å². The number of hydrogen-bond donors (Lipinski definition) is 0. The highest BCUT2D eigenvalue weighted by Gasteiger charge is 2.12. The summed E-state index contributed by atoms with van der Waals surface area (Å²) in [5, 5.41) is 8.83. The molecule has 0 aliphatic heterocycles. The van der Waals surface area contributed by atoms with Crippen molar-refractivity contribution in [3.63, 3.8) is 0 Å². The molecule has 0 amide bonds. The standard InChI is InChI=1S/C26H28N8/c1-31(25-17-30-34-19-22(9-10-24(25)34)23-16-29-33(3)18-23)11-12-32(2)26-27-14-21(15-28-26)13-20-7-5-4-6-8-20/h4-10,14-19H,11-13H2,1-3H3. The molecule has 0 aliphatic rings. The summed E-state index contributed by atoms with van der Waals surface area (Å²) in [5.74, 6) is 0.728. The molecule has 8 heteroatoms. The van der Waals surface area contributed by atoms with Crippen LogP contribution in [-0.4, -0.2) is 56.5 Å². The summed E-state index contributed by atoms with van der Waals surface area (Å²) in [6, 6.07) is 14.6. The molecule has 0 saturated carbocycles. The molecule has 0 saturated heterocycles. The summed E-state index contributed by atoms with van der Waals surface area (Å²) in [7, 11) is 6.03. The Hall–Kier alpha value is -4.20. The molecule has 0 spiro atoms. The first-order valence-corrected chi connectivity index (χ1v) is 11.3. The first-order chi connectivity index (χ1) is 16.6. The minimum absolute atomic E-state index is 0.728. The second-order valence-electron chi connectivity index (χ2n) is 8.58. The first-order valence-electron chi connectivity index (χ1n) is 11.3. The van der Waals surface area contributed by atoms with Crippen LogP contribution in [0.15, 0.2) is 79.6 Å². The van der Waals surface area contributed by atoms with Crippen LogP contribution in [0.1, 0.15) is 11.1 Å². The third kappa shape index (κ3) is 4.61. The molecular formula is C26H28N8. The maximum absolute atomic E-state index is 4.58. The zero-order valence-electron chi connectivity index (χ0n) is 19.7. The normalized spacial score (nSPS) is 11.1. The number of likely N-dealkylation sites (N-methyl/N-ethyl adjacent to an activating group) is 2. The van der Waals surface area contributed by atoms with E-state index in [0.717, 1.165) is 53.4 Å². The largest absolute Gasteiger partial charge is 0.370 e. The summed E-state index contributed by atoms with van der Waals surface area (Å²) < 4.78 is 3.73. The van der Waals surface area contributed by atoms with Gasteiger partial charge in [0.25, 0.3) is 0 Å². The van der Waals surface area contributed by atoms with E-state index in [1.54, 1.807) is 4.68 Å². The number of nitrogens with zero attached hydrogens (tertiary/aromatic N) is 8. The molecule has 5 rings (SSSR count). The van der Waals surface area contributed by atoms with Gasteiger partial charge in [0.15, 0.2) is 0 Å². The van der Waals surface area contributed by atoms with Gasteiger partial charge in [0.05, 0.1) is 23.6 Å². The summed E-state index contributed by atoms with van der Waals surface area (Å²) >= 11 is 0. The average molecular weight is 453 g/mol. The minimum Gasteiger partial charge on any atom is -0.370 e. The van der Waals surface area contributed by atoms with E-state index in [1.807, 2.05) is 61.9 Å². The number of rotatable bonds is 8. The zero-order chi connectivity index (χ0) is 23.5. The number of fused-ring (bicyclic) bond motifs is 1. The van der Waals surface area contributed by atoms with E-state index in [-0.39, 0.29) is 0 Å². The van der Waals surface area contributed by atoms with E-state index < -0.39 is 0 Å². The van der Waals surface area contributed by atoms with Gasteiger partial charge in [-0.15, -0.1) is 0 Å². The van der Waals surface area contributed by atoms with Crippen LogP contribution in [0.4, 0.5) is 11.6 Å². The van der Waals surface area contributed by atoms with Gasteiger partial charge in [0.1, 0.15) is 0 Å². The molecule has 0 aliphatic carbocycles. The number of aromatic nitrogens is 6. The third-order valence-corrected chi connectivity index (χ3v) is 6.00. The Morgan fingerprint density at radius 3 is 2.24 bits per heavy atom. The van der Waals surface area contributed by atoms with Crippen molar-refractivity contribution in [1.29, 1.82) is 0 Å². The van der Waals surface area contributed by atoms with Crippen LogP contribution in [0.3, 0.4) is 0 Å². The molecule has 0 radical (unpaired) electrons. The molecule has 4 aromatic heterocycles. The number of hydrogen-bond acceptors (Lipinski definition) is 6. The molecule has 5 aromatic rings. The number of benzene rings is 1. The fraction of sp³-hybridized carbons (Fsp3) is 0.231. The van der Waals surface area contributed by atoms with Gasteiger partial charge < -0.3 is 9.80 Å². The van der Waals surface area contributed by atoms with Crippen molar-refractivity contribution in [2.24, 2.45) is 7.05 Å². The van der Waals surface area contributed by atoms with E-state index in [9.17, 15) is 0 Å². The minimum atomic E-state index is 0.728. The Labute approximate surface area is 199 Å². The predicted octanol–water partition coefficient (Wildman–Crippen LogP) is 3.69. The maximum Gasteiger partial charge on any atom is 0.225 e. The van der Waals surface area contributed by atoms with E-state index in [0.29, 0.717) is 0 Å². The van der Waals surface area contributed by atoms with E-state index in [1.165, 1.54) is 5.56 Å². The van der Waals surface area contributed by atoms with Crippen LogP contribution >= 0.6 is 0 Å². The first kappa shape index (κ1) is 21.6. The lowest BCUT2D eigenvalue weighted by atomic mass is 10.1. The molecule has 172 valence electrons. The number of anilines is 2. The molecule has 0 N–H and O–H groups in total. The number of pyridine rings is 1. The summed E-state index contributed by atoms with van der Waals surface area (Å²) in [4.78, 5) is 13.5. The molecule has 4 heterocycles. The Balaban J connectivity index is 1.22. The second kappa shape index (κ2) is 9.35. The molecule has 0 unspecified atom stereocenters. The van der Waals surface area contributed by atoms with Gasteiger partial charge in [-0.25, -0.2) is 14.5 Å². The van der Waals surface area contributed by atoms with Crippen molar-refractivity contribution < 1.29 is 0 Å². The Morgan fingerprint density at radius 2 is 1.50 bits per heavy atom. The second-order valence-corrected chi connectivity index (χ2v) is 8.58. The lowest BCUT2D eigenvalue weighted by Gasteiger charge is -2.23. The summed E-state index contributed by atoms with van der Waals surface area (Å²) in [6.07, 6.45) is 12.5. The van der Waals surface area contributed by atoms with E-state index >= 15 is 0 Å². The average Bonchev–Trinajstić information content (AvgIpc) is 3.49. The van der Waals surface area contributed by atoms with Gasteiger partial charge in [-0.05, 0) is 17.2 Å². The lowest BCUT2D eigenvalue weighted by Crippen LogP contribution is -2.31. The van der Waals surface area contributed by atoms with Gasteiger partial charge in [-0.3, -0.25) is 4.68 Å². The van der Waals surface area contributed by atoms with Crippen LogP contribution in [0.2, 0.25) is 0 Å². The van der Waals surface area contributed by atoms with Crippen LogP contribution in [0.5, 0.6) is 0 Å². The summed E-state index contributed by atoms with van der Waals surface area (Å²) in [6.45, 7) is 1.61. The monoisotopic (exact) mass is 452 g/mol. The van der Waals surface area contributed by atoms with Crippen LogP contribution < -0.4 is 9.80 Å². The van der Waals surface area contributed by atoms with E-state index in [2.05, 4.69) is 73.4 Å². The van der Waals surface area contributed by atoms with Crippen molar-refractivity contribution in [2.75, 3.05) is 37.0 Å². The highest BCUT2D eigenvalue weighted by atomic mass is 15.3. The van der Waals surface area contributed by atoms with Crippen LogP contribution in [0.25, 0.3) is 16.6 Å². The SMILES string of the molecule is CN(CCN(C)c1cnn2cc(-c3cnn(C)c3)ccc12)c1ncc(Cc2ccccc2)cn1. The smallest absolute Gasteiger partial charge is 0.225 e. The van der Waals surface area contributed by atoms with E-state index in [4.69, 9.17) is 0 Å². The summed E-state index contributed by atoms with van der Waals surface area (Å²) in [5.41, 5.74) is 6.69. The fourth-order valence-electron chi connectivity index (χ4n) is 3.99. The molecule has 34 heavy (non-hydrogen) atoms. The van der Waals surface area contributed by atoms with Gasteiger partial charge in [0.2, 0.25) is 5.95 Å². The molecule has 0 fully saturated rings. The maximum atomic E-state index is 4.58. The quantitative estimate of drug-likeness (QED) is 0.358. The van der Waals surface area contributed by atoms with Crippen LogP contribution in [-0.2, 0) is 13.5 Å². The lowest BCUT2D eigenvalue weighted by molar-refractivity contribution is 0.768. The van der Waals surface area contributed by atoms with Gasteiger partial charge in [0, 0.05) is 76.6 Å². The molecule has 1 aromatic carbocycles.